The zero-order valence-electron chi connectivity index (χ0n) is 21.2. The van der Waals surface area contributed by atoms with E-state index in [9.17, 15) is 9.50 Å². The number of aliphatic hydroxyl groups excluding tert-OH is 1. The lowest BCUT2D eigenvalue weighted by Crippen LogP contribution is -2.58. The molecule has 198 valence electrons. The molecule has 0 aliphatic carbocycles. The Hall–Kier alpha value is -3.89. The summed E-state index contributed by atoms with van der Waals surface area (Å²) in [6.45, 7) is 3.20. The van der Waals surface area contributed by atoms with Crippen molar-refractivity contribution in [2.45, 2.75) is 31.1 Å². The Morgan fingerprint density at radius 1 is 1.24 bits per heavy atom. The number of hydrogen-bond acceptors (Lipinski definition) is 8. The van der Waals surface area contributed by atoms with Crippen molar-refractivity contribution in [2.24, 2.45) is 5.16 Å². The summed E-state index contributed by atoms with van der Waals surface area (Å²) < 4.78 is 33.7. The van der Waals surface area contributed by atoms with Gasteiger partial charge in [-0.25, -0.2) is 9.37 Å². The molecule has 2 saturated heterocycles. The molecule has 1 spiro atoms. The van der Waals surface area contributed by atoms with E-state index in [0.717, 1.165) is 22.5 Å². The minimum absolute atomic E-state index is 0.245. The monoisotopic (exact) mass is 520 g/mol. The Morgan fingerprint density at radius 2 is 2.08 bits per heavy atom. The smallest absolute Gasteiger partial charge is 0.211 e. The number of aliphatic hydroxyl groups is 1. The van der Waals surface area contributed by atoms with Gasteiger partial charge in [0.2, 0.25) is 5.84 Å². The molecule has 1 N–H and O–H groups in total. The summed E-state index contributed by atoms with van der Waals surface area (Å²) in [6, 6.07) is 11.7. The van der Waals surface area contributed by atoms with Gasteiger partial charge in [0, 0.05) is 12.6 Å². The van der Waals surface area contributed by atoms with Gasteiger partial charge in [0.05, 0.1) is 57.2 Å². The van der Waals surface area contributed by atoms with Gasteiger partial charge in [0.1, 0.15) is 11.6 Å². The first-order chi connectivity index (χ1) is 18.5. The third kappa shape index (κ3) is 4.39. The van der Waals surface area contributed by atoms with Gasteiger partial charge >= 0.3 is 0 Å². The standard InChI is InChI=1S/C28H29FN4O5/c1-18-13-32(17-30-18)22-8-3-19(11-23(22)35-2)12-24-27-31-38-25(14-34)26(20-4-6-21(29)7-5-20)33(27)15-28(37-24)9-10-36-16-28/h3-8,11-13,17,25-26,34H,9-10,14-16H2,1-2H3. The van der Waals surface area contributed by atoms with Crippen molar-refractivity contribution < 1.29 is 28.5 Å². The molecule has 2 aromatic carbocycles. The van der Waals surface area contributed by atoms with Crippen LogP contribution in [0.25, 0.3) is 11.8 Å². The molecule has 0 amide bonds. The fraction of sp³-hybridized carbons (Fsp3) is 0.357. The van der Waals surface area contributed by atoms with Crippen LogP contribution in [0.5, 0.6) is 5.75 Å². The van der Waals surface area contributed by atoms with Gasteiger partial charge < -0.3 is 33.6 Å². The van der Waals surface area contributed by atoms with Gasteiger partial charge in [-0.3, -0.25) is 0 Å². The number of nitrogens with zero attached hydrogens (tertiary/aromatic N) is 4. The third-order valence-electron chi connectivity index (χ3n) is 7.19. The molecule has 3 unspecified atom stereocenters. The number of fused-ring (bicyclic) bond motifs is 1. The van der Waals surface area contributed by atoms with E-state index in [0.29, 0.717) is 43.5 Å². The maximum Gasteiger partial charge on any atom is 0.211 e. The van der Waals surface area contributed by atoms with Crippen LogP contribution in [0.15, 0.2) is 65.9 Å². The van der Waals surface area contributed by atoms with Crippen molar-refractivity contribution in [1.82, 2.24) is 14.5 Å². The van der Waals surface area contributed by atoms with Crippen molar-refractivity contribution in [3.63, 3.8) is 0 Å². The number of hydrogen-bond donors (Lipinski definition) is 1. The lowest BCUT2D eigenvalue weighted by atomic mass is 9.93. The van der Waals surface area contributed by atoms with Crippen LogP contribution in [0.2, 0.25) is 0 Å². The van der Waals surface area contributed by atoms with Gasteiger partial charge in [-0.2, -0.15) is 0 Å². The zero-order valence-corrected chi connectivity index (χ0v) is 21.2. The molecule has 3 atom stereocenters. The highest BCUT2D eigenvalue weighted by molar-refractivity contribution is 6.01. The fourth-order valence-corrected chi connectivity index (χ4v) is 5.32. The van der Waals surface area contributed by atoms with Crippen LogP contribution in [0, 0.1) is 12.7 Å². The van der Waals surface area contributed by atoms with E-state index in [-0.39, 0.29) is 18.5 Å². The molecule has 3 aromatic rings. The highest BCUT2D eigenvalue weighted by Gasteiger charge is 2.50. The highest BCUT2D eigenvalue weighted by atomic mass is 19.1. The number of amidine groups is 1. The Morgan fingerprint density at radius 3 is 2.76 bits per heavy atom. The number of oxime groups is 1. The number of morpholine rings is 1. The van der Waals surface area contributed by atoms with Gasteiger partial charge in [-0.1, -0.05) is 23.4 Å². The maximum atomic E-state index is 13.7. The van der Waals surface area contributed by atoms with Gasteiger partial charge in [0.15, 0.2) is 17.5 Å². The lowest BCUT2D eigenvalue weighted by Gasteiger charge is -2.48. The molecule has 0 radical (unpaired) electrons. The van der Waals surface area contributed by atoms with Crippen molar-refractivity contribution in [3.05, 3.63) is 83.4 Å². The number of aryl methyl sites for hydroxylation is 1. The molecule has 0 bridgehead atoms. The van der Waals surface area contributed by atoms with Crippen LogP contribution in [0.4, 0.5) is 4.39 Å². The van der Waals surface area contributed by atoms with Crippen molar-refractivity contribution in [2.75, 3.05) is 33.5 Å². The highest BCUT2D eigenvalue weighted by Crippen LogP contribution is 2.41. The second-order valence-corrected chi connectivity index (χ2v) is 9.82. The molecular formula is C28H29FN4O5. The largest absolute Gasteiger partial charge is 0.495 e. The first kappa shape index (κ1) is 24.4. The van der Waals surface area contributed by atoms with Crippen LogP contribution in [0.3, 0.4) is 0 Å². The molecule has 6 rings (SSSR count). The van der Waals surface area contributed by atoms with Crippen LogP contribution in [-0.2, 0) is 14.3 Å². The summed E-state index contributed by atoms with van der Waals surface area (Å²) in [5, 5.41) is 14.5. The number of ether oxygens (including phenoxy) is 3. The summed E-state index contributed by atoms with van der Waals surface area (Å²) in [5.74, 6) is 1.38. The molecule has 3 aliphatic heterocycles. The van der Waals surface area contributed by atoms with Crippen LogP contribution < -0.4 is 4.74 Å². The quantitative estimate of drug-likeness (QED) is 0.550. The molecular weight excluding hydrogens is 491 g/mol. The lowest BCUT2D eigenvalue weighted by molar-refractivity contribution is -0.0937. The normalized spacial score (nSPS) is 25.6. The average Bonchev–Trinajstić information content (AvgIpc) is 3.57. The number of rotatable bonds is 5. The topological polar surface area (TPSA) is 90.6 Å². The summed E-state index contributed by atoms with van der Waals surface area (Å²) in [7, 11) is 1.63. The fourth-order valence-electron chi connectivity index (χ4n) is 5.32. The molecule has 4 heterocycles. The van der Waals surface area contributed by atoms with Gasteiger partial charge in [-0.15, -0.1) is 0 Å². The number of aromatic nitrogens is 2. The summed E-state index contributed by atoms with van der Waals surface area (Å²) >= 11 is 0. The Bertz CT molecular complexity index is 1380. The maximum absolute atomic E-state index is 13.7. The zero-order chi connectivity index (χ0) is 26.3. The molecule has 2 fully saturated rings. The summed E-state index contributed by atoms with van der Waals surface area (Å²) in [4.78, 5) is 12.1. The second-order valence-electron chi connectivity index (χ2n) is 9.82. The Labute approximate surface area is 219 Å². The molecule has 10 heteroatoms. The Balaban J connectivity index is 1.41. The SMILES string of the molecule is COc1cc(C=C2OC3(CCOC3)CN3C2=NOC(CO)C3c2ccc(F)cc2)ccc1-n1cnc(C)c1. The number of methoxy groups -OCH3 is 1. The molecule has 3 aliphatic rings. The molecule has 9 nitrogen and oxygen atoms in total. The number of halogens is 1. The first-order valence-electron chi connectivity index (χ1n) is 12.5. The first-order valence-corrected chi connectivity index (χ1v) is 12.5. The van der Waals surface area contributed by atoms with Crippen LogP contribution >= 0.6 is 0 Å². The van der Waals surface area contributed by atoms with Crippen LogP contribution in [0.1, 0.15) is 29.3 Å². The minimum Gasteiger partial charge on any atom is -0.495 e. The van der Waals surface area contributed by atoms with Crippen molar-refractivity contribution in [3.8, 4) is 11.4 Å². The number of benzene rings is 2. The second kappa shape index (κ2) is 9.77. The third-order valence-corrected chi connectivity index (χ3v) is 7.19. The molecule has 38 heavy (non-hydrogen) atoms. The van der Waals surface area contributed by atoms with Gasteiger partial charge in [0.25, 0.3) is 0 Å². The Kier molecular flexibility index (Phi) is 6.29. The van der Waals surface area contributed by atoms with E-state index < -0.39 is 11.7 Å². The molecule has 1 aromatic heterocycles. The predicted molar refractivity (Wildman–Crippen MR) is 137 cm³/mol. The van der Waals surface area contributed by atoms with Gasteiger partial charge in [-0.05, 0) is 48.4 Å². The average molecular weight is 521 g/mol. The van der Waals surface area contributed by atoms with E-state index in [1.165, 1.54) is 12.1 Å². The van der Waals surface area contributed by atoms with Crippen LogP contribution in [-0.4, -0.2) is 70.6 Å². The minimum atomic E-state index is -0.624. The van der Waals surface area contributed by atoms with E-state index >= 15 is 0 Å². The van der Waals surface area contributed by atoms with E-state index in [1.54, 1.807) is 25.6 Å². The van der Waals surface area contributed by atoms with E-state index in [4.69, 9.17) is 19.0 Å². The summed E-state index contributed by atoms with van der Waals surface area (Å²) in [5.41, 5.74) is 2.85. The van der Waals surface area contributed by atoms with Crippen molar-refractivity contribution >= 4 is 11.9 Å². The van der Waals surface area contributed by atoms with E-state index in [1.807, 2.05) is 42.0 Å². The predicted octanol–water partition coefficient (Wildman–Crippen LogP) is 3.61. The molecule has 0 saturated carbocycles. The number of imidazole rings is 1. The van der Waals surface area contributed by atoms with Crippen molar-refractivity contribution in [1.29, 1.82) is 0 Å². The van der Waals surface area contributed by atoms with E-state index in [2.05, 4.69) is 15.0 Å². The summed E-state index contributed by atoms with van der Waals surface area (Å²) in [6.07, 6.45) is 5.67.